The molecule has 1 aromatic rings. The number of fused-ring (bicyclic) bond motifs is 1. The second-order valence-electron chi connectivity index (χ2n) is 2.98. The monoisotopic (exact) mass is 186 g/mol. The molecule has 0 saturated heterocycles. The fourth-order valence-electron chi connectivity index (χ4n) is 1.65. The van der Waals surface area contributed by atoms with Crippen molar-refractivity contribution in [3.05, 3.63) is 34.1 Å². The van der Waals surface area contributed by atoms with Crippen LogP contribution in [0.5, 0.6) is 0 Å². The highest BCUT2D eigenvalue weighted by atomic mass is 35.5. The van der Waals surface area contributed by atoms with Gasteiger partial charge in [0, 0.05) is 10.6 Å². The van der Waals surface area contributed by atoms with E-state index in [2.05, 4.69) is 0 Å². The molecule has 0 aromatic heterocycles. The van der Waals surface area contributed by atoms with E-state index in [4.69, 9.17) is 11.6 Å². The van der Waals surface area contributed by atoms with Crippen molar-refractivity contribution in [2.24, 2.45) is 0 Å². The molecule has 64 valence electrons. The quantitative estimate of drug-likeness (QED) is 0.660. The van der Waals surface area contributed by atoms with Crippen LogP contribution < -0.4 is 0 Å². The van der Waals surface area contributed by atoms with Crippen LogP contribution in [0.1, 0.15) is 23.7 Å². The minimum Gasteiger partial charge on any atom is -0.388 e. The Hall–Kier alpha value is -0.600. The van der Waals surface area contributed by atoms with Crippen molar-refractivity contribution < 1.29 is 9.50 Å². The van der Waals surface area contributed by atoms with Gasteiger partial charge in [-0.2, -0.15) is 0 Å². The summed E-state index contributed by atoms with van der Waals surface area (Å²) in [5.74, 6) is -0.258. The molecule has 0 spiro atoms. The van der Waals surface area contributed by atoms with E-state index < -0.39 is 6.10 Å². The van der Waals surface area contributed by atoms with Crippen molar-refractivity contribution in [1.29, 1.82) is 0 Å². The molecule has 0 aliphatic heterocycles. The molecule has 3 heteroatoms. The van der Waals surface area contributed by atoms with Crippen LogP contribution in [-0.4, -0.2) is 5.11 Å². The van der Waals surface area contributed by atoms with Crippen molar-refractivity contribution in [2.75, 3.05) is 0 Å². The topological polar surface area (TPSA) is 20.2 Å². The Morgan fingerprint density at radius 3 is 2.92 bits per heavy atom. The lowest BCUT2D eigenvalue weighted by molar-refractivity contribution is 0.180. The van der Waals surface area contributed by atoms with Crippen molar-refractivity contribution in [3.63, 3.8) is 0 Å². The van der Waals surface area contributed by atoms with Gasteiger partial charge in [-0.25, -0.2) is 4.39 Å². The van der Waals surface area contributed by atoms with Crippen LogP contribution in [0.25, 0.3) is 0 Å². The largest absolute Gasteiger partial charge is 0.388 e. The lowest BCUT2D eigenvalue weighted by Gasteiger charge is -2.06. The first kappa shape index (κ1) is 8.02. The van der Waals surface area contributed by atoms with E-state index in [9.17, 15) is 9.50 Å². The van der Waals surface area contributed by atoms with Crippen molar-refractivity contribution in [2.45, 2.75) is 18.9 Å². The molecular formula is C9H8ClFO. The van der Waals surface area contributed by atoms with Gasteiger partial charge in [-0.3, -0.25) is 0 Å². The maximum atomic E-state index is 13.1. The molecule has 12 heavy (non-hydrogen) atoms. The number of hydrogen-bond acceptors (Lipinski definition) is 1. The highest BCUT2D eigenvalue weighted by Gasteiger charge is 2.25. The van der Waals surface area contributed by atoms with Gasteiger partial charge in [-0.15, -0.1) is 0 Å². The van der Waals surface area contributed by atoms with Crippen LogP contribution in [0.4, 0.5) is 4.39 Å². The lowest BCUT2D eigenvalue weighted by Crippen LogP contribution is -1.93. The minimum absolute atomic E-state index is 0.258. The average Bonchev–Trinajstić information content (AvgIpc) is 2.42. The zero-order chi connectivity index (χ0) is 8.72. The third kappa shape index (κ3) is 1.03. The summed E-state index contributed by atoms with van der Waals surface area (Å²) in [7, 11) is 0. The van der Waals surface area contributed by atoms with Gasteiger partial charge in [0.1, 0.15) is 5.82 Å². The zero-order valence-corrected chi connectivity index (χ0v) is 7.11. The number of rotatable bonds is 0. The molecule has 1 unspecified atom stereocenters. The Balaban J connectivity index is 2.64. The lowest BCUT2D eigenvalue weighted by atomic mass is 10.1. The summed E-state index contributed by atoms with van der Waals surface area (Å²) in [6.45, 7) is 0. The number of aliphatic hydroxyl groups excluding tert-OH is 1. The van der Waals surface area contributed by atoms with Gasteiger partial charge in [-0.05, 0) is 30.5 Å². The molecule has 0 saturated carbocycles. The van der Waals surface area contributed by atoms with Crippen LogP contribution in [0.3, 0.4) is 0 Å². The van der Waals surface area contributed by atoms with Crippen LogP contribution in [0.2, 0.25) is 5.02 Å². The van der Waals surface area contributed by atoms with Gasteiger partial charge in [0.25, 0.3) is 0 Å². The van der Waals surface area contributed by atoms with Crippen molar-refractivity contribution in [1.82, 2.24) is 0 Å². The summed E-state index contributed by atoms with van der Waals surface area (Å²) in [4.78, 5) is 0. The fourth-order valence-corrected chi connectivity index (χ4v) is 1.95. The molecule has 1 atom stereocenters. The predicted molar refractivity (Wildman–Crippen MR) is 44.7 cm³/mol. The molecule has 1 nitrogen and oxygen atoms in total. The second-order valence-corrected chi connectivity index (χ2v) is 3.38. The first-order valence-corrected chi connectivity index (χ1v) is 4.23. The number of aliphatic hydroxyl groups is 1. The van der Waals surface area contributed by atoms with Gasteiger partial charge in [0.05, 0.1) is 6.10 Å². The normalized spacial score (nSPS) is 21.1. The summed E-state index contributed by atoms with van der Waals surface area (Å²) in [6, 6.07) is 2.84. The molecule has 1 N–H and O–H groups in total. The Morgan fingerprint density at radius 2 is 2.25 bits per heavy atom. The van der Waals surface area contributed by atoms with Gasteiger partial charge < -0.3 is 5.11 Å². The molecule has 0 amide bonds. The Morgan fingerprint density at radius 1 is 1.50 bits per heavy atom. The van der Waals surface area contributed by atoms with E-state index in [1.54, 1.807) is 0 Å². The fraction of sp³-hybridized carbons (Fsp3) is 0.333. The molecule has 1 aromatic carbocycles. The molecule has 0 fully saturated rings. The van der Waals surface area contributed by atoms with E-state index in [-0.39, 0.29) is 5.82 Å². The summed E-state index contributed by atoms with van der Waals surface area (Å²) >= 11 is 5.81. The Bertz CT molecular complexity index is 325. The summed E-state index contributed by atoms with van der Waals surface area (Å²) in [6.07, 6.45) is 0.585. The molecule has 1 aliphatic carbocycles. The van der Waals surface area contributed by atoms with Gasteiger partial charge in [-0.1, -0.05) is 11.6 Å². The third-order valence-corrected chi connectivity index (χ3v) is 2.58. The molecule has 1 aliphatic rings. The first-order valence-electron chi connectivity index (χ1n) is 3.85. The predicted octanol–water partition coefficient (Wildman–Crippen LogP) is 2.46. The Kier molecular flexibility index (Phi) is 1.81. The zero-order valence-electron chi connectivity index (χ0n) is 6.35. The average molecular weight is 187 g/mol. The molecular weight excluding hydrogens is 179 g/mol. The number of halogens is 2. The van der Waals surface area contributed by atoms with Gasteiger partial charge in [0.15, 0.2) is 0 Å². The highest BCUT2D eigenvalue weighted by Crippen LogP contribution is 2.37. The van der Waals surface area contributed by atoms with E-state index in [0.717, 1.165) is 0 Å². The van der Waals surface area contributed by atoms with Crippen molar-refractivity contribution in [3.8, 4) is 0 Å². The number of benzene rings is 1. The smallest absolute Gasteiger partial charge is 0.126 e. The van der Waals surface area contributed by atoms with Crippen LogP contribution in [0.15, 0.2) is 12.1 Å². The van der Waals surface area contributed by atoms with Crippen molar-refractivity contribution >= 4 is 11.6 Å². The molecule has 0 radical (unpaired) electrons. The van der Waals surface area contributed by atoms with Crippen LogP contribution in [-0.2, 0) is 6.42 Å². The highest BCUT2D eigenvalue weighted by molar-refractivity contribution is 6.31. The molecule has 0 bridgehead atoms. The Labute approximate surface area is 74.8 Å². The SMILES string of the molecule is OC1CCc2c(F)ccc(Cl)c21. The summed E-state index contributed by atoms with van der Waals surface area (Å²) in [5.41, 5.74) is 1.16. The van der Waals surface area contributed by atoms with Crippen LogP contribution in [0, 0.1) is 5.82 Å². The van der Waals surface area contributed by atoms with E-state index >= 15 is 0 Å². The summed E-state index contributed by atoms with van der Waals surface area (Å²) < 4.78 is 13.1. The van der Waals surface area contributed by atoms with Gasteiger partial charge >= 0.3 is 0 Å². The standard InChI is InChI=1S/C9H8ClFO/c10-6-2-3-7(11)5-1-4-8(12)9(5)6/h2-3,8,12H,1,4H2. The first-order chi connectivity index (χ1) is 5.70. The summed E-state index contributed by atoms with van der Waals surface area (Å²) in [5, 5.41) is 9.90. The van der Waals surface area contributed by atoms with Gasteiger partial charge in [0.2, 0.25) is 0 Å². The van der Waals surface area contributed by atoms with E-state index in [1.807, 2.05) is 0 Å². The third-order valence-electron chi connectivity index (χ3n) is 2.25. The maximum absolute atomic E-state index is 13.1. The molecule has 2 rings (SSSR count). The molecule has 0 heterocycles. The van der Waals surface area contributed by atoms with Crippen LogP contribution >= 0.6 is 11.6 Å². The number of hydrogen-bond donors (Lipinski definition) is 1. The second kappa shape index (κ2) is 2.71. The minimum atomic E-state index is -0.580. The van der Waals surface area contributed by atoms with E-state index in [0.29, 0.717) is 29.0 Å². The maximum Gasteiger partial charge on any atom is 0.126 e. The van der Waals surface area contributed by atoms with E-state index in [1.165, 1.54) is 12.1 Å².